The van der Waals surface area contributed by atoms with E-state index < -0.39 is 0 Å². The monoisotopic (exact) mass is 449 g/mol. The van der Waals surface area contributed by atoms with Crippen LogP contribution >= 0.6 is 0 Å². The molecule has 1 unspecified atom stereocenters. The molecule has 2 amide bonds. The predicted molar refractivity (Wildman–Crippen MR) is 129 cm³/mol. The first-order chi connectivity index (χ1) is 16.0. The van der Waals surface area contributed by atoms with Gasteiger partial charge in [-0.15, -0.1) is 0 Å². The van der Waals surface area contributed by atoms with Crippen molar-refractivity contribution in [2.45, 2.75) is 31.7 Å². The van der Waals surface area contributed by atoms with E-state index in [1.807, 2.05) is 30.3 Å². The summed E-state index contributed by atoms with van der Waals surface area (Å²) in [6.07, 6.45) is 3.73. The van der Waals surface area contributed by atoms with Crippen molar-refractivity contribution in [2.24, 2.45) is 16.6 Å². The van der Waals surface area contributed by atoms with Gasteiger partial charge in [0.05, 0.1) is 0 Å². The number of carbonyl (C=O) groups excluding carboxylic acids is 2. The molecule has 0 bridgehead atoms. The normalized spacial score (nSPS) is 18.9. The fraction of sp³-hybridized carbons (Fsp3) is 0.417. The summed E-state index contributed by atoms with van der Waals surface area (Å²) in [4.78, 5) is 34.7. The number of anilines is 2. The summed E-state index contributed by atoms with van der Waals surface area (Å²) in [5, 5.41) is 9.66. The molecule has 3 heterocycles. The number of carbonyl (C=O) groups is 2. The van der Waals surface area contributed by atoms with Gasteiger partial charge in [0.2, 0.25) is 11.8 Å². The molecular formula is C24H31N7O2. The lowest BCUT2D eigenvalue weighted by molar-refractivity contribution is -0.122. The van der Waals surface area contributed by atoms with Gasteiger partial charge in [-0.05, 0) is 30.5 Å². The number of nitrogens with two attached hydrogens (primary N) is 1. The maximum Gasteiger partial charge on any atom is 0.225 e. The number of nitrogens with zero attached hydrogens (tertiary/aromatic N) is 3. The maximum absolute atomic E-state index is 12.1. The van der Waals surface area contributed by atoms with E-state index in [1.165, 1.54) is 0 Å². The third-order valence-corrected chi connectivity index (χ3v) is 6.36. The number of aromatic nitrogens is 1. The Morgan fingerprint density at radius 1 is 1.21 bits per heavy atom. The van der Waals surface area contributed by atoms with E-state index >= 15 is 0 Å². The highest BCUT2D eigenvalue weighted by Gasteiger charge is 2.26. The van der Waals surface area contributed by atoms with E-state index in [0.717, 1.165) is 48.6 Å². The van der Waals surface area contributed by atoms with E-state index in [-0.39, 0.29) is 23.7 Å². The van der Waals surface area contributed by atoms with E-state index in [1.54, 1.807) is 13.2 Å². The summed E-state index contributed by atoms with van der Waals surface area (Å²) in [7, 11) is 1.73. The number of pyridine rings is 1. The molecule has 1 fully saturated rings. The van der Waals surface area contributed by atoms with Gasteiger partial charge in [-0.3, -0.25) is 14.6 Å². The number of primary amides is 1. The van der Waals surface area contributed by atoms with Gasteiger partial charge in [-0.25, -0.2) is 4.98 Å². The number of para-hydroxylation sites is 1. The number of benzene rings is 1. The summed E-state index contributed by atoms with van der Waals surface area (Å²) in [6, 6.07) is 11.9. The number of guanidine groups is 1. The molecule has 0 spiro atoms. The molecule has 9 nitrogen and oxygen atoms in total. The molecule has 2 aromatic rings. The Hall–Kier alpha value is -3.62. The minimum atomic E-state index is -0.217. The zero-order valence-electron chi connectivity index (χ0n) is 18.9. The second kappa shape index (κ2) is 10.3. The lowest BCUT2D eigenvalue weighted by Crippen LogP contribution is -2.41. The molecule has 1 saturated heterocycles. The standard InChI is InChI=1S/C24H31N7O2/c1-26-24(29-15-18-13-21(32)30-20-7-3-2-6-19(18)20)28-14-17-5-4-10-27-23(17)31-11-8-16(9-12-31)22(25)33/h2-7,10,16,18H,8-9,11-15H2,1H3,(H2,25,33)(H,30,32)(H2,26,28,29). The number of hydrogen-bond acceptors (Lipinski definition) is 5. The van der Waals surface area contributed by atoms with Crippen LogP contribution in [0.5, 0.6) is 0 Å². The first-order valence-electron chi connectivity index (χ1n) is 11.4. The number of piperidine rings is 1. The molecule has 9 heteroatoms. The van der Waals surface area contributed by atoms with E-state index in [4.69, 9.17) is 5.73 Å². The zero-order valence-corrected chi connectivity index (χ0v) is 18.9. The van der Waals surface area contributed by atoms with Crippen molar-refractivity contribution in [3.63, 3.8) is 0 Å². The summed E-state index contributed by atoms with van der Waals surface area (Å²) in [5.41, 5.74) is 8.54. The highest BCUT2D eigenvalue weighted by Crippen LogP contribution is 2.31. The number of nitrogens with one attached hydrogen (secondary N) is 3. The average Bonchev–Trinajstić information content (AvgIpc) is 2.84. The van der Waals surface area contributed by atoms with Gasteiger partial charge in [-0.1, -0.05) is 24.3 Å². The van der Waals surface area contributed by atoms with Crippen molar-refractivity contribution in [3.8, 4) is 0 Å². The molecule has 33 heavy (non-hydrogen) atoms. The van der Waals surface area contributed by atoms with Crippen LogP contribution in [0.15, 0.2) is 47.6 Å². The molecule has 174 valence electrons. The fourth-order valence-electron chi connectivity index (χ4n) is 4.53. The van der Waals surface area contributed by atoms with Gasteiger partial charge in [0.15, 0.2) is 5.96 Å². The van der Waals surface area contributed by atoms with Gasteiger partial charge in [-0.2, -0.15) is 0 Å². The average molecular weight is 450 g/mol. The third kappa shape index (κ3) is 5.42. The van der Waals surface area contributed by atoms with Crippen LogP contribution < -0.4 is 26.6 Å². The van der Waals surface area contributed by atoms with Crippen molar-refractivity contribution in [2.75, 3.05) is 36.9 Å². The van der Waals surface area contributed by atoms with Crippen LogP contribution in [0.1, 0.15) is 36.3 Å². The van der Waals surface area contributed by atoms with Gasteiger partial charge in [0.25, 0.3) is 0 Å². The van der Waals surface area contributed by atoms with E-state index in [9.17, 15) is 9.59 Å². The summed E-state index contributed by atoms with van der Waals surface area (Å²) in [5.74, 6) is 1.42. The zero-order chi connectivity index (χ0) is 23.2. The maximum atomic E-state index is 12.1. The Morgan fingerprint density at radius 2 is 2.00 bits per heavy atom. The minimum absolute atomic E-state index is 0.0311. The minimum Gasteiger partial charge on any atom is -0.369 e. The quantitative estimate of drug-likeness (QED) is 0.392. The fourth-order valence-corrected chi connectivity index (χ4v) is 4.53. The van der Waals surface area contributed by atoms with Crippen LogP contribution in [0, 0.1) is 5.92 Å². The molecular weight excluding hydrogens is 418 g/mol. The molecule has 1 atom stereocenters. The Labute approximate surface area is 193 Å². The lowest BCUT2D eigenvalue weighted by Gasteiger charge is -2.32. The molecule has 5 N–H and O–H groups in total. The molecule has 2 aliphatic rings. The topological polar surface area (TPSA) is 125 Å². The number of fused-ring (bicyclic) bond motifs is 1. The number of hydrogen-bond donors (Lipinski definition) is 4. The molecule has 2 aliphatic heterocycles. The van der Waals surface area contributed by atoms with Crippen LogP contribution in [-0.2, 0) is 16.1 Å². The predicted octanol–water partition coefficient (Wildman–Crippen LogP) is 1.57. The van der Waals surface area contributed by atoms with Crippen molar-refractivity contribution in [1.29, 1.82) is 0 Å². The van der Waals surface area contributed by atoms with Gasteiger partial charge in [0.1, 0.15) is 5.82 Å². The molecule has 4 rings (SSSR count). The SMILES string of the molecule is CN=C(NCc1cccnc1N1CCC(C(N)=O)CC1)NCC1CC(=O)Nc2ccccc21. The van der Waals surface area contributed by atoms with Crippen LogP contribution in [0.2, 0.25) is 0 Å². The Morgan fingerprint density at radius 3 is 2.76 bits per heavy atom. The Bertz CT molecular complexity index is 1030. The molecule has 0 saturated carbocycles. The van der Waals surface area contributed by atoms with Gasteiger partial charge < -0.3 is 26.6 Å². The highest BCUT2D eigenvalue weighted by molar-refractivity contribution is 5.94. The summed E-state index contributed by atoms with van der Waals surface area (Å²) in [6.45, 7) is 2.67. The Kier molecular flexibility index (Phi) is 7.07. The second-order valence-corrected chi connectivity index (χ2v) is 8.49. The van der Waals surface area contributed by atoms with Crippen LogP contribution in [0.3, 0.4) is 0 Å². The number of amides is 2. The van der Waals surface area contributed by atoms with Gasteiger partial charge in [0, 0.05) is 68.9 Å². The van der Waals surface area contributed by atoms with E-state index in [2.05, 4.69) is 36.9 Å². The smallest absolute Gasteiger partial charge is 0.225 e. The van der Waals surface area contributed by atoms with Crippen molar-refractivity contribution < 1.29 is 9.59 Å². The summed E-state index contributed by atoms with van der Waals surface area (Å²) < 4.78 is 0. The summed E-state index contributed by atoms with van der Waals surface area (Å²) >= 11 is 0. The van der Waals surface area contributed by atoms with Crippen LogP contribution in [0.25, 0.3) is 0 Å². The molecule has 1 aromatic heterocycles. The van der Waals surface area contributed by atoms with Crippen molar-refractivity contribution in [1.82, 2.24) is 15.6 Å². The number of aliphatic imine (C=N–C) groups is 1. The first-order valence-corrected chi connectivity index (χ1v) is 11.4. The first kappa shape index (κ1) is 22.6. The van der Waals surface area contributed by atoms with Gasteiger partial charge >= 0.3 is 0 Å². The highest BCUT2D eigenvalue weighted by atomic mass is 16.2. The number of rotatable bonds is 6. The molecule has 0 aliphatic carbocycles. The van der Waals surface area contributed by atoms with Crippen LogP contribution in [-0.4, -0.2) is 49.4 Å². The van der Waals surface area contributed by atoms with Crippen LogP contribution in [0.4, 0.5) is 11.5 Å². The molecule has 1 aromatic carbocycles. The second-order valence-electron chi connectivity index (χ2n) is 8.49. The molecule has 0 radical (unpaired) electrons. The van der Waals surface area contributed by atoms with Crippen molar-refractivity contribution in [3.05, 3.63) is 53.7 Å². The lowest BCUT2D eigenvalue weighted by atomic mass is 9.90. The van der Waals surface area contributed by atoms with E-state index in [0.29, 0.717) is 25.5 Å². The largest absolute Gasteiger partial charge is 0.369 e. The third-order valence-electron chi connectivity index (χ3n) is 6.36. The Balaban J connectivity index is 1.35. The van der Waals surface area contributed by atoms with Crippen molar-refractivity contribution >= 4 is 29.3 Å².